The van der Waals surface area contributed by atoms with Crippen molar-refractivity contribution < 1.29 is 0 Å². The molecule has 2 heterocycles. The fourth-order valence-corrected chi connectivity index (χ4v) is 2.01. The summed E-state index contributed by atoms with van der Waals surface area (Å²) in [4.78, 5) is 10.4. The lowest BCUT2D eigenvalue weighted by molar-refractivity contribution is 0.568. The van der Waals surface area contributed by atoms with Crippen LogP contribution in [0.2, 0.25) is 5.15 Å². The van der Waals surface area contributed by atoms with E-state index < -0.39 is 0 Å². The molecule has 4 heteroatoms. The molecule has 76 valence electrons. The van der Waals surface area contributed by atoms with Gasteiger partial charge in [-0.05, 0) is 12.3 Å². The van der Waals surface area contributed by atoms with E-state index in [0.29, 0.717) is 5.15 Å². The second-order valence-electron chi connectivity index (χ2n) is 3.71. The Morgan fingerprint density at radius 2 is 2.43 bits per heavy atom. The van der Waals surface area contributed by atoms with Crippen LogP contribution in [0, 0.1) is 5.92 Å². The average molecular weight is 212 g/mol. The third-order valence-electron chi connectivity index (χ3n) is 2.81. The molecule has 0 spiro atoms. The Kier molecular flexibility index (Phi) is 2.87. The maximum Gasteiger partial charge on any atom is 0.134 e. The highest BCUT2D eigenvalue weighted by atomic mass is 35.5. The zero-order valence-electron chi connectivity index (χ0n) is 8.28. The van der Waals surface area contributed by atoms with Crippen LogP contribution in [0.25, 0.3) is 0 Å². The number of hydrogen-bond acceptors (Lipinski definition) is 3. The van der Waals surface area contributed by atoms with Crippen molar-refractivity contribution in [1.29, 1.82) is 0 Å². The second-order valence-corrected chi connectivity index (χ2v) is 4.10. The molecular weight excluding hydrogens is 198 g/mol. The van der Waals surface area contributed by atoms with Gasteiger partial charge in [0.15, 0.2) is 0 Å². The molecule has 0 aromatic carbocycles. The monoisotopic (exact) mass is 211 g/mol. The number of rotatable bonds is 2. The van der Waals surface area contributed by atoms with E-state index in [1.807, 2.05) is 6.07 Å². The molecule has 1 saturated heterocycles. The predicted molar refractivity (Wildman–Crippen MR) is 57.7 cm³/mol. The van der Waals surface area contributed by atoms with Crippen molar-refractivity contribution in [3.05, 3.63) is 17.5 Å². The van der Waals surface area contributed by atoms with E-state index in [1.54, 1.807) is 0 Å². The fourth-order valence-electron chi connectivity index (χ4n) is 1.87. The number of anilines is 1. The topological polar surface area (TPSA) is 29.0 Å². The van der Waals surface area contributed by atoms with Crippen molar-refractivity contribution in [3.8, 4) is 0 Å². The fraction of sp³-hybridized carbons (Fsp3) is 0.600. The van der Waals surface area contributed by atoms with Gasteiger partial charge in [0.05, 0.1) is 0 Å². The van der Waals surface area contributed by atoms with E-state index >= 15 is 0 Å². The number of halogens is 1. The molecule has 0 amide bonds. The van der Waals surface area contributed by atoms with Crippen LogP contribution in [0.3, 0.4) is 0 Å². The molecule has 0 N–H and O–H groups in total. The van der Waals surface area contributed by atoms with Gasteiger partial charge >= 0.3 is 0 Å². The highest BCUT2D eigenvalue weighted by Gasteiger charge is 2.21. The first-order valence-corrected chi connectivity index (χ1v) is 5.40. The van der Waals surface area contributed by atoms with Crippen molar-refractivity contribution in [1.82, 2.24) is 9.97 Å². The largest absolute Gasteiger partial charge is 0.356 e. The molecule has 0 radical (unpaired) electrons. The summed E-state index contributed by atoms with van der Waals surface area (Å²) >= 11 is 5.82. The normalized spacial score (nSPS) is 21.6. The first-order valence-electron chi connectivity index (χ1n) is 5.02. The molecular formula is C10H14ClN3. The van der Waals surface area contributed by atoms with Gasteiger partial charge in [-0.2, -0.15) is 0 Å². The summed E-state index contributed by atoms with van der Waals surface area (Å²) in [5.74, 6) is 1.77. The Balaban J connectivity index is 2.09. The zero-order chi connectivity index (χ0) is 9.97. The Bertz CT molecular complexity index is 316. The Labute approximate surface area is 89.1 Å². The summed E-state index contributed by atoms with van der Waals surface area (Å²) in [6.45, 7) is 4.43. The smallest absolute Gasteiger partial charge is 0.134 e. The first kappa shape index (κ1) is 9.71. The van der Waals surface area contributed by atoms with Crippen molar-refractivity contribution in [3.63, 3.8) is 0 Å². The van der Waals surface area contributed by atoms with Gasteiger partial charge in [0.1, 0.15) is 17.3 Å². The standard InChI is InChI=1S/C10H14ClN3/c1-2-8-3-4-14(6-8)10-5-9(11)12-7-13-10/h5,7-8H,2-4,6H2,1H3. The van der Waals surface area contributed by atoms with Gasteiger partial charge in [0.25, 0.3) is 0 Å². The summed E-state index contributed by atoms with van der Waals surface area (Å²) in [6.07, 6.45) is 4.03. The van der Waals surface area contributed by atoms with Crippen molar-refractivity contribution in [2.24, 2.45) is 5.92 Å². The van der Waals surface area contributed by atoms with Crippen LogP contribution in [0.15, 0.2) is 12.4 Å². The van der Waals surface area contributed by atoms with Crippen LogP contribution in [0.4, 0.5) is 5.82 Å². The van der Waals surface area contributed by atoms with E-state index in [9.17, 15) is 0 Å². The summed E-state index contributed by atoms with van der Waals surface area (Å²) in [5, 5.41) is 0.523. The summed E-state index contributed by atoms with van der Waals surface area (Å²) in [5.41, 5.74) is 0. The summed E-state index contributed by atoms with van der Waals surface area (Å²) in [6, 6.07) is 1.83. The molecule has 0 aliphatic carbocycles. The van der Waals surface area contributed by atoms with Gasteiger partial charge < -0.3 is 4.90 Å². The quantitative estimate of drug-likeness (QED) is 0.704. The molecule has 0 bridgehead atoms. The van der Waals surface area contributed by atoms with Crippen LogP contribution >= 0.6 is 11.6 Å². The van der Waals surface area contributed by atoms with Crippen molar-refractivity contribution >= 4 is 17.4 Å². The lowest BCUT2D eigenvalue weighted by Crippen LogP contribution is -2.20. The molecule has 0 saturated carbocycles. The highest BCUT2D eigenvalue weighted by Crippen LogP contribution is 2.24. The third-order valence-corrected chi connectivity index (χ3v) is 3.01. The van der Waals surface area contributed by atoms with Crippen LogP contribution in [0.5, 0.6) is 0 Å². The molecule has 1 aromatic heterocycles. The summed E-state index contributed by atoms with van der Waals surface area (Å²) in [7, 11) is 0. The van der Waals surface area contributed by atoms with E-state index in [-0.39, 0.29) is 0 Å². The van der Waals surface area contributed by atoms with Gasteiger partial charge in [-0.25, -0.2) is 9.97 Å². The molecule has 1 fully saturated rings. The number of hydrogen-bond donors (Lipinski definition) is 0. The lowest BCUT2D eigenvalue weighted by atomic mass is 10.1. The number of nitrogens with zero attached hydrogens (tertiary/aromatic N) is 3. The van der Waals surface area contributed by atoms with Crippen LogP contribution in [0.1, 0.15) is 19.8 Å². The van der Waals surface area contributed by atoms with Crippen LogP contribution in [-0.4, -0.2) is 23.1 Å². The van der Waals surface area contributed by atoms with E-state index in [0.717, 1.165) is 24.8 Å². The highest BCUT2D eigenvalue weighted by molar-refractivity contribution is 6.29. The van der Waals surface area contributed by atoms with E-state index in [2.05, 4.69) is 21.8 Å². The van der Waals surface area contributed by atoms with Gasteiger partial charge in [-0.15, -0.1) is 0 Å². The maximum absolute atomic E-state index is 5.82. The zero-order valence-corrected chi connectivity index (χ0v) is 9.04. The second kappa shape index (κ2) is 4.13. The van der Waals surface area contributed by atoms with E-state index in [1.165, 1.54) is 19.2 Å². The van der Waals surface area contributed by atoms with Crippen LogP contribution in [-0.2, 0) is 0 Å². The Hall–Kier alpha value is -0.830. The number of aromatic nitrogens is 2. The molecule has 14 heavy (non-hydrogen) atoms. The minimum Gasteiger partial charge on any atom is -0.356 e. The maximum atomic E-state index is 5.82. The third kappa shape index (κ3) is 1.98. The Morgan fingerprint density at radius 3 is 3.07 bits per heavy atom. The lowest BCUT2D eigenvalue weighted by Gasteiger charge is -2.16. The van der Waals surface area contributed by atoms with Gasteiger partial charge in [-0.1, -0.05) is 24.9 Å². The molecule has 3 nitrogen and oxygen atoms in total. The van der Waals surface area contributed by atoms with Gasteiger partial charge in [0.2, 0.25) is 0 Å². The van der Waals surface area contributed by atoms with E-state index in [4.69, 9.17) is 11.6 Å². The minimum absolute atomic E-state index is 0.523. The Morgan fingerprint density at radius 1 is 1.57 bits per heavy atom. The first-order chi connectivity index (χ1) is 6.79. The molecule has 1 unspecified atom stereocenters. The average Bonchev–Trinajstić information content (AvgIpc) is 2.66. The minimum atomic E-state index is 0.523. The summed E-state index contributed by atoms with van der Waals surface area (Å²) < 4.78 is 0. The molecule has 2 rings (SSSR count). The molecule has 1 aromatic rings. The SMILES string of the molecule is CCC1CCN(c2cc(Cl)ncn2)C1. The molecule has 1 aliphatic rings. The van der Waals surface area contributed by atoms with Crippen LogP contribution < -0.4 is 4.90 Å². The predicted octanol–water partition coefficient (Wildman–Crippen LogP) is 2.37. The molecule has 1 aliphatic heterocycles. The van der Waals surface area contributed by atoms with Gasteiger partial charge in [-0.3, -0.25) is 0 Å². The van der Waals surface area contributed by atoms with Gasteiger partial charge in [0, 0.05) is 19.2 Å². The molecule has 1 atom stereocenters. The van der Waals surface area contributed by atoms with Crippen molar-refractivity contribution in [2.45, 2.75) is 19.8 Å². The van der Waals surface area contributed by atoms with Crippen molar-refractivity contribution in [2.75, 3.05) is 18.0 Å².